The summed E-state index contributed by atoms with van der Waals surface area (Å²) in [6, 6.07) is 11.8. The summed E-state index contributed by atoms with van der Waals surface area (Å²) in [6.07, 6.45) is 5.39. The summed E-state index contributed by atoms with van der Waals surface area (Å²) in [6.45, 7) is 2.84. The van der Waals surface area contributed by atoms with Gasteiger partial charge in [-0.2, -0.15) is 0 Å². The number of hydrogen-bond donors (Lipinski definition) is 0. The minimum Gasteiger partial charge on any atom is -0.486 e. The highest BCUT2D eigenvalue weighted by molar-refractivity contribution is 7.09. The van der Waals surface area contributed by atoms with Gasteiger partial charge in [0, 0.05) is 17.8 Å². The maximum Gasteiger partial charge on any atom is 0.311 e. The first kappa shape index (κ1) is 19.0. The van der Waals surface area contributed by atoms with Gasteiger partial charge in [0.2, 0.25) is 0 Å². The van der Waals surface area contributed by atoms with E-state index in [1.54, 1.807) is 6.20 Å². The summed E-state index contributed by atoms with van der Waals surface area (Å²) in [4.78, 5) is 20.5. The maximum absolute atomic E-state index is 11.9. The molecule has 5 nitrogen and oxygen atoms in total. The first-order valence-corrected chi connectivity index (χ1v) is 9.74. The number of esters is 1. The van der Waals surface area contributed by atoms with E-state index in [-0.39, 0.29) is 12.4 Å². The Labute approximate surface area is 163 Å². The van der Waals surface area contributed by atoms with E-state index in [1.807, 2.05) is 54.9 Å². The Balaban J connectivity index is 1.36. The number of hydrogen-bond acceptors (Lipinski definition) is 6. The number of aromatic nitrogens is 2. The Morgan fingerprint density at radius 1 is 1.19 bits per heavy atom. The van der Waals surface area contributed by atoms with Crippen molar-refractivity contribution in [1.29, 1.82) is 0 Å². The molecule has 6 heteroatoms. The number of ether oxygens (including phenoxy) is 2. The molecule has 140 valence electrons. The van der Waals surface area contributed by atoms with Crippen molar-refractivity contribution in [2.24, 2.45) is 0 Å². The van der Waals surface area contributed by atoms with Gasteiger partial charge in [-0.3, -0.25) is 9.78 Å². The van der Waals surface area contributed by atoms with Crippen LogP contribution in [0.25, 0.3) is 0 Å². The second kappa shape index (κ2) is 9.83. The number of carbonyl (C=O) groups is 1. The predicted octanol–water partition coefficient (Wildman–Crippen LogP) is 4.14. The van der Waals surface area contributed by atoms with E-state index in [1.165, 1.54) is 16.9 Å². The van der Waals surface area contributed by atoms with Crippen molar-refractivity contribution in [3.8, 4) is 5.75 Å². The summed E-state index contributed by atoms with van der Waals surface area (Å²) in [5, 5.41) is 2.72. The van der Waals surface area contributed by atoms with Gasteiger partial charge in [-0.15, -0.1) is 11.3 Å². The summed E-state index contributed by atoms with van der Waals surface area (Å²) in [7, 11) is 0. The van der Waals surface area contributed by atoms with E-state index in [2.05, 4.69) is 9.97 Å². The molecule has 0 N–H and O–H groups in total. The lowest BCUT2D eigenvalue weighted by Crippen LogP contribution is -2.10. The molecule has 2 heterocycles. The van der Waals surface area contributed by atoms with Crippen LogP contribution in [-0.2, 0) is 29.0 Å². The highest BCUT2D eigenvalue weighted by Crippen LogP contribution is 2.16. The molecular weight excluding hydrogens is 360 g/mol. The van der Waals surface area contributed by atoms with Crippen LogP contribution in [-0.4, -0.2) is 22.5 Å². The zero-order valence-corrected chi connectivity index (χ0v) is 16.1. The van der Waals surface area contributed by atoms with Gasteiger partial charge in [0.1, 0.15) is 17.4 Å². The van der Waals surface area contributed by atoms with Crippen LogP contribution in [0.4, 0.5) is 0 Å². The number of nitrogens with zero attached hydrogens (tertiary/aromatic N) is 2. The maximum atomic E-state index is 11.9. The number of thiazole rings is 1. The van der Waals surface area contributed by atoms with Crippen LogP contribution in [0.15, 0.2) is 54.2 Å². The molecule has 0 amide bonds. The quantitative estimate of drug-likeness (QED) is 0.411. The molecule has 27 heavy (non-hydrogen) atoms. The molecule has 2 aromatic heterocycles. The van der Waals surface area contributed by atoms with Gasteiger partial charge in [-0.1, -0.05) is 23.8 Å². The summed E-state index contributed by atoms with van der Waals surface area (Å²) in [5.74, 6) is 0.558. The average Bonchev–Trinajstić information content (AvgIpc) is 3.13. The van der Waals surface area contributed by atoms with E-state index < -0.39 is 0 Å². The third-order valence-electron chi connectivity index (χ3n) is 3.90. The number of carbonyl (C=O) groups excluding carboxylic acids is 1. The van der Waals surface area contributed by atoms with Crippen LogP contribution in [0.5, 0.6) is 5.75 Å². The van der Waals surface area contributed by atoms with Crippen LogP contribution in [0, 0.1) is 6.92 Å². The van der Waals surface area contributed by atoms with Gasteiger partial charge in [-0.25, -0.2) is 4.98 Å². The molecular formula is C21H22N2O3S. The third kappa shape index (κ3) is 6.49. The van der Waals surface area contributed by atoms with Gasteiger partial charge in [0.05, 0.1) is 18.7 Å². The number of benzene rings is 1. The molecule has 3 rings (SSSR count). The second-order valence-corrected chi connectivity index (χ2v) is 7.14. The molecule has 0 unspecified atom stereocenters. The fraction of sp³-hybridized carbons (Fsp3) is 0.286. The normalized spacial score (nSPS) is 10.6. The largest absolute Gasteiger partial charge is 0.486 e. The summed E-state index contributed by atoms with van der Waals surface area (Å²) in [5.41, 5.74) is 3.06. The van der Waals surface area contributed by atoms with Gasteiger partial charge in [0.15, 0.2) is 0 Å². The van der Waals surface area contributed by atoms with Gasteiger partial charge in [-0.05, 0) is 43.5 Å². The molecule has 0 saturated heterocycles. The van der Waals surface area contributed by atoms with Gasteiger partial charge < -0.3 is 9.47 Å². The number of aryl methyl sites for hydroxylation is 2. The van der Waals surface area contributed by atoms with Crippen LogP contribution in [0.3, 0.4) is 0 Å². The van der Waals surface area contributed by atoms with Crippen molar-refractivity contribution in [3.05, 3.63) is 76.0 Å². The first-order chi connectivity index (χ1) is 13.2. The third-order valence-corrected chi connectivity index (χ3v) is 4.77. The highest BCUT2D eigenvalue weighted by atomic mass is 32.1. The van der Waals surface area contributed by atoms with Crippen LogP contribution < -0.4 is 4.74 Å². The number of pyridine rings is 1. The molecule has 3 aromatic rings. The Bertz CT molecular complexity index is 847. The molecule has 0 saturated carbocycles. The second-order valence-electron chi connectivity index (χ2n) is 6.20. The zero-order chi connectivity index (χ0) is 18.9. The van der Waals surface area contributed by atoms with Crippen LogP contribution in [0.1, 0.15) is 28.2 Å². The summed E-state index contributed by atoms with van der Waals surface area (Å²) < 4.78 is 11.0. The lowest BCUT2D eigenvalue weighted by Gasteiger charge is -2.04. The van der Waals surface area contributed by atoms with Gasteiger partial charge >= 0.3 is 5.97 Å². The molecule has 0 aliphatic carbocycles. The van der Waals surface area contributed by atoms with E-state index >= 15 is 0 Å². The van der Waals surface area contributed by atoms with Crippen LogP contribution in [0.2, 0.25) is 0 Å². The van der Waals surface area contributed by atoms with E-state index in [9.17, 15) is 4.79 Å². The smallest absolute Gasteiger partial charge is 0.311 e. The summed E-state index contributed by atoms with van der Waals surface area (Å²) >= 11 is 1.49. The van der Waals surface area contributed by atoms with E-state index in [4.69, 9.17) is 9.47 Å². The highest BCUT2D eigenvalue weighted by Gasteiger charge is 2.09. The lowest BCUT2D eigenvalue weighted by molar-refractivity contribution is -0.142. The van der Waals surface area contributed by atoms with E-state index in [0.717, 1.165) is 34.9 Å². The van der Waals surface area contributed by atoms with Crippen molar-refractivity contribution >= 4 is 17.3 Å². The Hall–Kier alpha value is -2.73. The Kier molecular flexibility index (Phi) is 6.93. The SMILES string of the molecule is Cc1ccc(OCc2nc(CC(=O)OCCCc3cccnc3)cs2)cc1. The predicted molar refractivity (Wildman–Crippen MR) is 105 cm³/mol. The zero-order valence-electron chi connectivity index (χ0n) is 15.3. The van der Waals surface area contributed by atoms with Crippen molar-refractivity contribution in [3.63, 3.8) is 0 Å². The van der Waals surface area contributed by atoms with Crippen molar-refractivity contribution in [2.45, 2.75) is 32.8 Å². The van der Waals surface area contributed by atoms with Crippen molar-refractivity contribution in [1.82, 2.24) is 9.97 Å². The molecule has 1 aromatic carbocycles. The molecule has 0 atom stereocenters. The van der Waals surface area contributed by atoms with E-state index in [0.29, 0.717) is 13.2 Å². The molecule has 0 bridgehead atoms. The molecule has 0 aliphatic rings. The van der Waals surface area contributed by atoms with Gasteiger partial charge in [0.25, 0.3) is 0 Å². The molecule has 0 spiro atoms. The Morgan fingerprint density at radius 3 is 2.81 bits per heavy atom. The molecule has 0 aliphatic heterocycles. The van der Waals surface area contributed by atoms with Crippen molar-refractivity contribution < 1.29 is 14.3 Å². The van der Waals surface area contributed by atoms with Crippen molar-refractivity contribution in [2.75, 3.05) is 6.61 Å². The standard InChI is InChI=1S/C21H22N2O3S/c1-16-6-8-19(9-7-16)26-14-20-23-18(15-27-20)12-21(24)25-11-3-5-17-4-2-10-22-13-17/h2,4,6-10,13,15H,3,5,11-12,14H2,1H3. The van der Waals surface area contributed by atoms with Crippen LogP contribution >= 0.6 is 11.3 Å². The minimum atomic E-state index is -0.252. The average molecular weight is 382 g/mol. The Morgan fingerprint density at radius 2 is 2.04 bits per heavy atom. The molecule has 0 radical (unpaired) electrons. The fourth-order valence-corrected chi connectivity index (χ4v) is 3.19. The lowest BCUT2D eigenvalue weighted by atomic mass is 10.2. The molecule has 0 fully saturated rings. The first-order valence-electron chi connectivity index (χ1n) is 8.86. The monoisotopic (exact) mass is 382 g/mol. The fourth-order valence-electron chi connectivity index (χ4n) is 2.48. The topological polar surface area (TPSA) is 61.3 Å². The minimum absolute atomic E-state index is 0.188. The number of rotatable bonds is 9.